The van der Waals surface area contributed by atoms with Gasteiger partial charge in [0.05, 0.1) is 16.6 Å². The molecule has 0 radical (unpaired) electrons. The van der Waals surface area contributed by atoms with E-state index in [1.54, 1.807) is 12.3 Å². The molecule has 4 nitrogen and oxygen atoms in total. The summed E-state index contributed by atoms with van der Waals surface area (Å²) in [6, 6.07) is 15.5. The number of rotatable bonds is 7. The highest BCUT2D eigenvalue weighted by molar-refractivity contribution is 7.15. The summed E-state index contributed by atoms with van der Waals surface area (Å²) in [6.45, 7) is 0.880. The van der Waals surface area contributed by atoms with Crippen LogP contribution in [0, 0.1) is 0 Å². The van der Waals surface area contributed by atoms with Gasteiger partial charge in [0.25, 0.3) is 0 Å². The summed E-state index contributed by atoms with van der Waals surface area (Å²) in [5.74, 6) is -0.114. The van der Waals surface area contributed by atoms with Gasteiger partial charge in [-0.05, 0) is 23.3 Å². The number of nitrogens with one attached hydrogen (secondary N) is 2. The summed E-state index contributed by atoms with van der Waals surface area (Å²) in [7, 11) is 0. The number of benzene rings is 2. The van der Waals surface area contributed by atoms with E-state index >= 15 is 0 Å². The SMILES string of the molecule is O=C(CNCc1ccccc1)Nc1ncc(Cc2ccc(Cl)c(Cl)c2)s1. The predicted octanol–water partition coefficient (Wildman–Crippen LogP) is 4.77. The molecule has 0 bridgehead atoms. The smallest absolute Gasteiger partial charge is 0.240 e. The number of amides is 1. The Morgan fingerprint density at radius 2 is 1.85 bits per heavy atom. The van der Waals surface area contributed by atoms with Gasteiger partial charge >= 0.3 is 0 Å². The molecule has 0 aliphatic carbocycles. The van der Waals surface area contributed by atoms with Crippen LogP contribution in [0.2, 0.25) is 10.0 Å². The normalized spacial score (nSPS) is 10.7. The van der Waals surface area contributed by atoms with Gasteiger partial charge < -0.3 is 10.6 Å². The van der Waals surface area contributed by atoms with Crippen LogP contribution in [0.15, 0.2) is 54.7 Å². The molecule has 3 aromatic rings. The van der Waals surface area contributed by atoms with Crippen LogP contribution < -0.4 is 10.6 Å². The fourth-order valence-electron chi connectivity index (χ4n) is 2.38. The van der Waals surface area contributed by atoms with E-state index < -0.39 is 0 Å². The van der Waals surface area contributed by atoms with E-state index in [0.717, 1.165) is 16.0 Å². The average molecular weight is 406 g/mol. The molecule has 2 N–H and O–H groups in total. The Bertz CT molecular complexity index is 884. The number of carbonyl (C=O) groups excluding carboxylic acids is 1. The Kier molecular flexibility index (Phi) is 6.63. The zero-order valence-electron chi connectivity index (χ0n) is 13.8. The van der Waals surface area contributed by atoms with Gasteiger partial charge in [-0.2, -0.15) is 0 Å². The molecule has 7 heteroatoms. The van der Waals surface area contributed by atoms with E-state index in [0.29, 0.717) is 28.1 Å². The highest BCUT2D eigenvalue weighted by Gasteiger charge is 2.08. The van der Waals surface area contributed by atoms with Gasteiger partial charge in [0.1, 0.15) is 0 Å². The lowest BCUT2D eigenvalue weighted by molar-refractivity contribution is -0.115. The van der Waals surface area contributed by atoms with E-state index in [1.165, 1.54) is 11.3 Å². The molecule has 0 saturated heterocycles. The first-order valence-corrected chi connectivity index (χ1v) is 9.60. The van der Waals surface area contributed by atoms with Crippen molar-refractivity contribution < 1.29 is 4.79 Å². The highest BCUT2D eigenvalue weighted by Crippen LogP contribution is 2.26. The summed E-state index contributed by atoms with van der Waals surface area (Å²) >= 11 is 13.4. The second kappa shape index (κ2) is 9.14. The van der Waals surface area contributed by atoms with Crippen LogP contribution >= 0.6 is 34.5 Å². The van der Waals surface area contributed by atoms with Gasteiger partial charge in [-0.3, -0.25) is 4.79 Å². The van der Waals surface area contributed by atoms with Crippen LogP contribution in [0.4, 0.5) is 5.13 Å². The third kappa shape index (κ3) is 5.54. The van der Waals surface area contributed by atoms with E-state index in [4.69, 9.17) is 23.2 Å². The number of anilines is 1. The number of thiazole rings is 1. The largest absolute Gasteiger partial charge is 0.304 e. The third-order valence-corrected chi connectivity index (χ3v) is 5.27. The molecule has 0 saturated carbocycles. The van der Waals surface area contributed by atoms with Gasteiger partial charge in [-0.1, -0.05) is 59.6 Å². The summed E-state index contributed by atoms with van der Waals surface area (Å²) < 4.78 is 0. The topological polar surface area (TPSA) is 54.0 Å². The molecule has 0 fully saturated rings. The monoisotopic (exact) mass is 405 g/mol. The third-order valence-electron chi connectivity index (χ3n) is 3.62. The molecule has 26 heavy (non-hydrogen) atoms. The molecule has 0 unspecified atom stereocenters. The van der Waals surface area contributed by atoms with Crippen LogP contribution in [0.1, 0.15) is 16.0 Å². The number of hydrogen-bond donors (Lipinski definition) is 2. The molecular weight excluding hydrogens is 389 g/mol. The minimum absolute atomic E-state index is 0.114. The lowest BCUT2D eigenvalue weighted by Gasteiger charge is -2.04. The van der Waals surface area contributed by atoms with Crippen LogP contribution in [-0.4, -0.2) is 17.4 Å². The Hall–Kier alpha value is -1.92. The van der Waals surface area contributed by atoms with Crippen molar-refractivity contribution in [3.8, 4) is 0 Å². The van der Waals surface area contributed by atoms with Gasteiger partial charge in [-0.25, -0.2) is 4.98 Å². The zero-order valence-corrected chi connectivity index (χ0v) is 16.2. The molecule has 3 rings (SSSR count). The van der Waals surface area contributed by atoms with Crippen molar-refractivity contribution in [1.82, 2.24) is 10.3 Å². The quantitative estimate of drug-likeness (QED) is 0.595. The van der Waals surface area contributed by atoms with Crippen molar-refractivity contribution in [2.75, 3.05) is 11.9 Å². The number of carbonyl (C=O) groups is 1. The summed E-state index contributed by atoms with van der Waals surface area (Å²) in [5, 5.41) is 7.59. The van der Waals surface area contributed by atoms with Crippen LogP contribution in [0.5, 0.6) is 0 Å². The standard InChI is InChI=1S/C19H17Cl2N3OS/c20-16-7-6-14(9-17(16)21)8-15-11-23-19(26-15)24-18(25)12-22-10-13-4-2-1-3-5-13/h1-7,9,11,22H,8,10,12H2,(H,23,24,25). The first kappa shape index (κ1) is 18.9. The predicted molar refractivity (Wildman–Crippen MR) is 108 cm³/mol. The van der Waals surface area contributed by atoms with Gasteiger partial charge in [0.15, 0.2) is 5.13 Å². The van der Waals surface area contributed by atoms with Crippen molar-refractivity contribution in [3.63, 3.8) is 0 Å². The van der Waals surface area contributed by atoms with E-state index in [1.807, 2.05) is 42.5 Å². The fraction of sp³-hybridized carbons (Fsp3) is 0.158. The second-order valence-corrected chi connectivity index (χ2v) is 7.62. The molecule has 1 heterocycles. The maximum absolute atomic E-state index is 12.0. The molecule has 0 aliphatic heterocycles. The molecule has 0 spiro atoms. The number of hydrogen-bond acceptors (Lipinski definition) is 4. The number of nitrogens with zero attached hydrogens (tertiary/aromatic N) is 1. The van der Waals surface area contributed by atoms with Crippen molar-refractivity contribution in [2.24, 2.45) is 0 Å². The summed E-state index contributed by atoms with van der Waals surface area (Å²) in [5.41, 5.74) is 2.18. The molecule has 134 valence electrons. The molecule has 1 amide bonds. The van der Waals surface area contributed by atoms with E-state index in [-0.39, 0.29) is 12.5 Å². The minimum Gasteiger partial charge on any atom is -0.304 e. The fourth-order valence-corrected chi connectivity index (χ4v) is 3.56. The molecular formula is C19H17Cl2N3OS. The maximum Gasteiger partial charge on any atom is 0.240 e. The second-order valence-electron chi connectivity index (χ2n) is 5.69. The Labute approximate surface area is 166 Å². The lowest BCUT2D eigenvalue weighted by Crippen LogP contribution is -2.27. The first-order valence-electron chi connectivity index (χ1n) is 8.03. The van der Waals surface area contributed by atoms with Crippen molar-refractivity contribution in [3.05, 3.63) is 80.8 Å². The molecule has 1 aromatic heterocycles. The van der Waals surface area contributed by atoms with Gasteiger partial charge in [-0.15, -0.1) is 11.3 Å². The maximum atomic E-state index is 12.0. The van der Waals surface area contributed by atoms with Crippen LogP contribution in [0.25, 0.3) is 0 Å². The van der Waals surface area contributed by atoms with Gasteiger partial charge in [0, 0.05) is 24.0 Å². The van der Waals surface area contributed by atoms with Gasteiger partial charge in [0.2, 0.25) is 5.91 Å². The average Bonchev–Trinajstić information content (AvgIpc) is 3.06. The van der Waals surface area contributed by atoms with Crippen molar-refractivity contribution >= 4 is 45.6 Å². The highest BCUT2D eigenvalue weighted by atomic mass is 35.5. The van der Waals surface area contributed by atoms with Crippen LogP contribution in [0.3, 0.4) is 0 Å². The molecule has 2 aromatic carbocycles. The number of halogens is 2. The lowest BCUT2D eigenvalue weighted by atomic mass is 10.1. The van der Waals surface area contributed by atoms with Crippen molar-refractivity contribution in [1.29, 1.82) is 0 Å². The van der Waals surface area contributed by atoms with Crippen LogP contribution in [-0.2, 0) is 17.8 Å². The summed E-state index contributed by atoms with van der Waals surface area (Å²) in [4.78, 5) is 17.3. The number of aromatic nitrogens is 1. The van der Waals surface area contributed by atoms with E-state index in [9.17, 15) is 4.79 Å². The Morgan fingerprint density at radius 3 is 2.62 bits per heavy atom. The van der Waals surface area contributed by atoms with Crippen molar-refractivity contribution in [2.45, 2.75) is 13.0 Å². The first-order chi connectivity index (χ1) is 12.6. The molecule has 0 aliphatic rings. The Balaban J connectivity index is 1.48. The Morgan fingerprint density at radius 1 is 1.04 bits per heavy atom. The minimum atomic E-state index is -0.114. The molecule has 0 atom stereocenters. The summed E-state index contributed by atoms with van der Waals surface area (Å²) in [6.07, 6.45) is 2.46. The zero-order chi connectivity index (χ0) is 18.4. The van der Waals surface area contributed by atoms with E-state index in [2.05, 4.69) is 15.6 Å².